The second kappa shape index (κ2) is 7.87. The Morgan fingerprint density at radius 1 is 1.10 bits per heavy atom. The van der Waals surface area contributed by atoms with Crippen molar-refractivity contribution in [1.82, 2.24) is 15.1 Å². The molecule has 6 nitrogen and oxygen atoms in total. The van der Waals surface area contributed by atoms with Crippen molar-refractivity contribution < 1.29 is 9.21 Å². The van der Waals surface area contributed by atoms with Gasteiger partial charge in [-0.25, -0.2) is 4.68 Å². The van der Waals surface area contributed by atoms with E-state index in [1.54, 1.807) is 41.3 Å². The van der Waals surface area contributed by atoms with Gasteiger partial charge in [-0.05, 0) is 48.9 Å². The summed E-state index contributed by atoms with van der Waals surface area (Å²) < 4.78 is 7.19. The largest absolute Gasteiger partial charge is 0.467 e. The fraction of sp³-hybridized carbons (Fsp3) is 0.0870. The van der Waals surface area contributed by atoms with Crippen LogP contribution >= 0.6 is 0 Å². The molecule has 29 heavy (non-hydrogen) atoms. The van der Waals surface area contributed by atoms with E-state index in [1.807, 2.05) is 49.4 Å². The molecule has 0 bridgehead atoms. The van der Waals surface area contributed by atoms with Crippen LogP contribution in [-0.4, -0.2) is 15.7 Å². The topological polar surface area (TPSA) is 83.8 Å². The molecule has 1 amide bonds. The minimum absolute atomic E-state index is 0.289. The van der Waals surface area contributed by atoms with Gasteiger partial charge in [0.25, 0.3) is 5.91 Å². The molecule has 1 N–H and O–H groups in total. The first-order chi connectivity index (χ1) is 14.2. The number of carbonyl (C=O) groups excluding carboxylic acids is 1. The first kappa shape index (κ1) is 18.3. The van der Waals surface area contributed by atoms with Gasteiger partial charge in [-0.2, -0.15) is 10.4 Å². The van der Waals surface area contributed by atoms with Gasteiger partial charge >= 0.3 is 0 Å². The number of hydrogen-bond donors (Lipinski definition) is 1. The normalized spacial score (nSPS) is 11.6. The average molecular weight is 382 g/mol. The van der Waals surface area contributed by atoms with Crippen LogP contribution in [0.2, 0.25) is 0 Å². The summed E-state index contributed by atoms with van der Waals surface area (Å²) in [5, 5.41) is 16.6. The van der Waals surface area contributed by atoms with Gasteiger partial charge in [0.2, 0.25) is 0 Å². The molecule has 142 valence electrons. The third-order valence-corrected chi connectivity index (χ3v) is 4.58. The van der Waals surface area contributed by atoms with E-state index in [9.17, 15) is 4.79 Å². The molecule has 4 aromatic rings. The highest BCUT2D eigenvalue weighted by Crippen LogP contribution is 2.23. The molecule has 1 atom stereocenters. The molecular formula is C23H18N4O2. The predicted octanol–water partition coefficient (Wildman–Crippen LogP) is 4.16. The number of amides is 1. The smallest absolute Gasteiger partial charge is 0.272 e. The zero-order valence-corrected chi connectivity index (χ0v) is 15.7. The van der Waals surface area contributed by atoms with Gasteiger partial charge in [-0.15, -0.1) is 0 Å². The van der Waals surface area contributed by atoms with Gasteiger partial charge in [-0.3, -0.25) is 4.79 Å². The Morgan fingerprint density at radius 2 is 1.93 bits per heavy atom. The number of rotatable bonds is 5. The summed E-state index contributed by atoms with van der Waals surface area (Å²) >= 11 is 0. The first-order valence-electron chi connectivity index (χ1n) is 9.12. The Morgan fingerprint density at radius 3 is 2.66 bits per heavy atom. The Labute approximate surface area is 168 Å². The van der Waals surface area contributed by atoms with Crippen LogP contribution in [0.3, 0.4) is 0 Å². The highest BCUT2D eigenvalue weighted by molar-refractivity contribution is 5.93. The molecule has 0 spiro atoms. The summed E-state index contributed by atoms with van der Waals surface area (Å²) in [6.07, 6.45) is 1.58. The van der Waals surface area contributed by atoms with Crippen LogP contribution in [0.25, 0.3) is 5.69 Å². The van der Waals surface area contributed by atoms with Crippen molar-refractivity contribution in [2.75, 3.05) is 0 Å². The fourth-order valence-corrected chi connectivity index (χ4v) is 3.18. The number of aryl methyl sites for hydroxylation is 1. The zero-order valence-electron chi connectivity index (χ0n) is 15.7. The van der Waals surface area contributed by atoms with Crippen molar-refractivity contribution in [2.45, 2.75) is 13.0 Å². The van der Waals surface area contributed by atoms with Crippen molar-refractivity contribution >= 4 is 5.91 Å². The lowest BCUT2D eigenvalue weighted by molar-refractivity contribution is 0.0933. The molecule has 0 saturated carbocycles. The lowest BCUT2D eigenvalue weighted by Gasteiger charge is -2.16. The van der Waals surface area contributed by atoms with Crippen molar-refractivity contribution in [3.8, 4) is 11.8 Å². The third-order valence-electron chi connectivity index (χ3n) is 4.58. The molecule has 0 fully saturated rings. The number of benzene rings is 2. The van der Waals surface area contributed by atoms with Crippen molar-refractivity contribution in [3.05, 3.63) is 107 Å². The number of hydrogen-bond acceptors (Lipinski definition) is 4. The van der Waals surface area contributed by atoms with E-state index in [2.05, 4.69) is 16.5 Å². The van der Waals surface area contributed by atoms with Gasteiger partial charge in [0.15, 0.2) is 5.69 Å². The van der Waals surface area contributed by atoms with Crippen LogP contribution in [0.4, 0.5) is 0 Å². The maximum atomic E-state index is 13.0. The van der Waals surface area contributed by atoms with E-state index >= 15 is 0 Å². The first-order valence-corrected chi connectivity index (χ1v) is 9.12. The Kier molecular flexibility index (Phi) is 4.95. The molecule has 4 rings (SSSR count). The van der Waals surface area contributed by atoms with Crippen LogP contribution in [0.1, 0.15) is 39.1 Å². The SMILES string of the molecule is Cc1cc(C(=O)NC(c2ccccc2)c2ccco2)nn1-c1cccc(C#N)c1. The molecule has 0 aliphatic carbocycles. The highest BCUT2D eigenvalue weighted by Gasteiger charge is 2.22. The summed E-state index contributed by atoms with van der Waals surface area (Å²) in [5.74, 6) is 0.330. The molecule has 2 aromatic heterocycles. The minimum Gasteiger partial charge on any atom is -0.467 e. The standard InChI is InChI=1S/C23H18N4O2/c1-16-13-20(26-27(16)19-10-5-7-17(14-19)15-24)23(28)25-22(21-11-6-12-29-21)18-8-3-2-4-9-18/h2-14,22H,1H3,(H,25,28). The lowest BCUT2D eigenvalue weighted by Crippen LogP contribution is -2.29. The van der Waals surface area contributed by atoms with Crippen LogP contribution < -0.4 is 5.32 Å². The van der Waals surface area contributed by atoms with E-state index in [0.29, 0.717) is 11.3 Å². The van der Waals surface area contributed by atoms with Crippen molar-refractivity contribution in [1.29, 1.82) is 5.26 Å². The number of nitrogens with zero attached hydrogens (tertiary/aromatic N) is 3. The van der Waals surface area contributed by atoms with Gasteiger partial charge < -0.3 is 9.73 Å². The molecule has 0 aliphatic heterocycles. The molecule has 2 aromatic carbocycles. The second-order valence-electron chi connectivity index (χ2n) is 6.58. The molecular weight excluding hydrogens is 364 g/mol. The van der Waals surface area contributed by atoms with E-state index in [-0.39, 0.29) is 11.6 Å². The fourth-order valence-electron chi connectivity index (χ4n) is 3.18. The summed E-state index contributed by atoms with van der Waals surface area (Å²) in [7, 11) is 0. The number of furan rings is 1. The third kappa shape index (κ3) is 3.80. The quantitative estimate of drug-likeness (QED) is 0.562. The summed E-state index contributed by atoms with van der Waals surface area (Å²) in [5.41, 5.74) is 3.25. The summed E-state index contributed by atoms with van der Waals surface area (Å²) in [6.45, 7) is 1.87. The number of nitriles is 1. The Balaban J connectivity index is 1.63. The van der Waals surface area contributed by atoms with Gasteiger partial charge in [-0.1, -0.05) is 36.4 Å². The van der Waals surface area contributed by atoms with Crippen LogP contribution in [0, 0.1) is 18.3 Å². The Hall–Kier alpha value is -4.11. The lowest BCUT2D eigenvalue weighted by atomic mass is 10.0. The van der Waals surface area contributed by atoms with E-state index < -0.39 is 6.04 Å². The van der Waals surface area contributed by atoms with E-state index in [1.165, 1.54) is 0 Å². The summed E-state index contributed by atoms with van der Waals surface area (Å²) in [6, 6.07) is 23.7. The van der Waals surface area contributed by atoms with E-state index in [4.69, 9.17) is 9.68 Å². The van der Waals surface area contributed by atoms with Crippen molar-refractivity contribution in [3.63, 3.8) is 0 Å². The Bertz CT molecular complexity index is 1170. The van der Waals surface area contributed by atoms with E-state index in [0.717, 1.165) is 16.9 Å². The molecule has 2 heterocycles. The average Bonchev–Trinajstić information content (AvgIpc) is 3.42. The van der Waals surface area contributed by atoms with Gasteiger partial charge in [0, 0.05) is 5.69 Å². The molecule has 0 aliphatic rings. The number of aromatic nitrogens is 2. The van der Waals surface area contributed by atoms with Crippen LogP contribution in [0.5, 0.6) is 0 Å². The number of carbonyl (C=O) groups is 1. The minimum atomic E-state index is -0.425. The molecule has 0 radical (unpaired) electrons. The van der Waals surface area contributed by atoms with Gasteiger partial charge in [0.1, 0.15) is 11.8 Å². The monoisotopic (exact) mass is 382 g/mol. The molecule has 0 saturated heterocycles. The van der Waals surface area contributed by atoms with Crippen LogP contribution in [-0.2, 0) is 0 Å². The maximum Gasteiger partial charge on any atom is 0.272 e. The van der Waals surface area contributed by atoms with Crippen molar-refractivity contribution in [2.24, 2.45) is 0 Å². The second-order valence-corrected chi connectivity index (χ2v) is 6.58. The maximum absolute atomic E-state index is 13.0. The molecule has 1 unspecified atom stereocenters. The highest BCUT2D eigenvalue weighted by atomic mass is 16.3. The molecule has 6 heteroatoms. The zero-order chi connectivity index (χ0) is 20.2. The number of nitrogens with one attached hydrogen (secondary N) is 1. The summed E-state index contributed by atoms with van der Waals surface area (Å²) in [4.78, 5) is 13.0. The predicted molar refractivity (Wildman–Crippen MR) is 107 cm³/mol. The van der Waals surface area contributed by atoms with Crippen LogP contribution in [0.15, 0.2) is 83.5 Å². The van der Waals surface area contributed by atoms with Gasteiger partial charge in [0.05, 0.1) is 23.6 Å².